The van der Waals surface area contributed by atoms with E-state index in [1.54, 1.807) is 6.20 Å². The molecule has 16 heavy (non-hydrogen) atoms. The van der Waals surface area contributed by atoms with E-state index >= 15 is 0 Å². The smallest absolute Gasteiger partial charge is 0.103 e. The molecule has 0 aliphatic heterocycles. The number of nitriles is 1. The zero-order valence-corrected chi connectivity index (χ0v) is 9.44. The quantitative estimate of drug-likeness (QED) is 0.766. The van der Waals surface area contributed by atoms with Crippen LogP contribution in [0.25, 0.3) is 5.69 Å². The van der Waals surface area contributed by atoms with Gasteiger partial charge in [-0.15, -0.1) is 0 Å². The van der Waals surface area contributed by atoms with Crippen molar-refractivity contribution in [3.63, 3.8) is 0 Å². The van der Waals surface area contributed by atoms with Crippen molar-refractivity contribution in [2.45, 2.75) is 20.3 Å². The van der Waals surface area contributed by atoms with Gasteiger partial charge in [0.15, 0.2) is 0 Å². The maximum Gasteiger partial charge on any atom is 0.103 e. The molecule has 0 atom stereocenters. The highest BCUT2D eigenvalue weighted by atomic mass is 15.3. The minimum absolute atomic E-state index is 0.630. The van der Waals surface area contributed by atoms with Crippen LogP contribution < -0.4 is 0 Å². The van der Waals surface area contributed by atoms with Gasteiger partial charge in [-0.25, -0.2) is 4.68 Å². The van der Waals surface area contributed by atoms with Crippen LogP contribution in [-0.4, -0.2) is 9.78 Å². The molecule has 0 radical (unpaired) electrons. The van der Waals surface area contributed by atoms with Crippen molar-refractivity contribution in [2.75, 3.05) is 0 Å². The highest BCUT2D eigenvalue weighted by Gasteiger charge is 2.09. The first-order chi connectivity index (χ1) is 7.77. The number of hydrogen-bond donors (Lipinski definition) is 0. The summed E-state index contributed by atoms with van der Waals surface area (Å²) in [6, 6.07) is 10.3. The second kappa shape index (κ2) is 4.19. The summed E-state index contributed by atoms with van der Waals surface area (Å²) in [5.41, 5.74) is 3.82. The van der Waals surface area contributed by atoms with E-state index in [0.717, 1.165) is 17.8 Å². The molecule has 0 aliphatic rings. The fourth-order valence-electron chi connectivity index (χ4n) is 1.78. The van der Waals surface area contributed by atoms with Crippen molar-refractivity contribution >= 4 is 0 Å². The third kappa shape index (κ3) is 1.59. The molecule has 0 aliphatic carbocycles. The van der Waals surface area contributed by atoms with Gasteiger partial charge in [-0.1, -0.05) is 25.1 Å². The topological polar surface area (TPSA) is 41.6 Å². The summed E-state index contributed by atoms with van der Waals surface area (Å²) < 4.78 is 1.83. The van der Waals surface area contributed by atoms with Crippen LogP contribution in [0.1, 0.15) is 23.7 Å². The van der Waals surface area contributed by atoms with Crippen LogP contribution in [0.15, 0.2) is 30.5 Å². The van der Waals surface area contributed by atoms with Crippen LogP contribution in [0.3, 0.4) is 0 Å². The first-order valence-electron chi connectivity index (χ1n) is 5.31. The molecular weight excluding hydrogens is 198 g/mol. The van der Waals surface area contributed by atoms with Crippen molar-refractivity contribution < 1.29 is 0 Å². The largest absolute Gasteiger partial charge is 0.236 e. The predicted molar refractivity (Wildman–Crippen MR) is 62.4 cm³/mol. The predicted octanol–water partition coefficient (Wildman–Crippen LogP) is 2.61. The van der Waals surface area contributed by atoms with Gasteiger partial charge in [0.1, 0.15) is 6.07 Å². The van der Waals surface area contributed by atoms with Gasteiger partial charge in [0.2, 0.25) is 0 Å². The Labute approximate surface area is 94.9 Å². The molecule has 0 bridgehead atoms. The molecule has 0 unspecified atom stereocenters. The van der Waals surface area contributed by atoms with Gasteiger partial charge in [0, 0.05) is 0 Å². The van der Waals surface area contributed by atoms with Gasteiger partial charge in [-0.2, -0.15) is 10.4 Å². The Morgan fingerprint density at radius 2 is 2.12 bits per heavy atom. The van der Waals surface area contributed by atoms with Crippen molar-refractivity contribution in [3.05, 3.63) is 47.3 Å². The van der Waals surface area contributed by atoms with Gasteiger partial charge >= 0.3 is 0 Å². The van der Waals surface area contributed by atoms with E-state index in [9.17, 15) is 0 Å². The van der Waals surface area contributed by atoms with Crippen LogP contribution in [0.2, 0.25) is 0 Å². The van der Waals surface area contributed by atoms with E-state index in [4.69, 9.17) is 5.26 Å². The molecule has 1 aromatic carbocycles. The van der Waals surface area contributed by atoms with E-state index < -0.39 is 0 Å². The second-order valence-electron chi connectivity index (χ2n) is 3.65. The van der Waals surface area contributed by atoms with Crippen molar-refractivity contribution in [2.24, 2.45) is 0 Å². The molecule has 0 N–H and O–H groups in total. The monoisotopic (exact) mass is 211 g/mol. The molecule has 0 spiro atoms. The van der Waals surface area contributed by atoms with Gasteiger partial charge in [-0.3, -0.25) is 0 Å². The molecular formula is C13H13N3. The number of aromatic nitrogens is 2. The number of aryl methyl sites for hydroxylation is 1. The summed E-state index contributed by atoms with van der Waals surface area (Å²) in [4.78, 5) is 0. The number of para-hydroxylation sites is 1. The van der Waals surface area contributed by atoms with Crippen molar-refractivity contribution in [1.82, 2.24) is 9.78 Å². The lowest BCUT2D eigenvalue weighted by Crippen LogP contribution is -2.02. The van der Waals surface area contributed by atoms with Gasteiger partial charge in [-0.05, 0) is 25.0 Å². The third-order valence-electron chi connectivity index (χ3n) is 2.73. The zero-order chi connectivity index (χ0) is 11.5. The number of hydrogen-bond acceptors (Lipinski definition) is 2. The number of nitrogens with zero attached hydrogens (tertiary/aromatic N) is 3. The van der Waals surface area contributed by atoms with Crippen molar-refractivity contribution in [3.8, 4) is 11.8 Å². The highest BCUT2D eigenvalue weighted by molar-refractivity contribution is 5.44. The van der Waals surface area contributed by atoms with Gasteiger partial charge in [0.25, 0.3) is 0 Å². The van der Waals surface area contributed by atoms with E-state index in [0.29, 0.717) is 5.56 Å². The molecule has 1 aromatic heterocycles. The Morgan fingerprint density at radius 1 is 1.38 bits per heavy atom. The molecule has 2 rings (SSSR count). The minimum Gasteiger partial charge on any atom is -0.236 e. The normalized spacial score (nSPS) is 10.1. The molecule has 0 saturated carbocycles. The van der Waals surface area contributed by atoms with E-state index in [1.165, 1.54) is 5.56 Å². The minimum atomic E-state index is 0.630. The standard InChI is InChI=1S/C13H13N3/c1-3-11-6-4-5-7-13(11)16-10(2)12(8-14)9-15-16/h4-7,9H,3H2,1-2H3. The van der Waals surface area contributed by atoms with Crippen LogP contribution >= 0.6 is 0 Å². The summed E-state index contributed by atoms with van der Waals surface area (Å²) in [5.74, 6) is 0. The first kappa shape index (κ1) is 10.4. The highest BCUT2D eigenvalue weighted by Crippen LogP contribution is 2.17. The molecule has 2 aromatic rings. The third-order valence-corrected chi connectivity index (χ3v) is 2.73. The van der Waals surface area contributed by atoms with Crippen molar-refractivity contribution in [1.29, 1.82) is 5.26 Å². The number of benzene rings is 1. The lowest BCUT2D eigenvalue weighted by molar-refractivity contribution is 0.832. The van der Waals surface area contributed by atoms with Gasteiger partial charge < -0.3 is 0 Å². The maximum absolute atomic E-state index is 8.90. The number of rotatable bonds is 2. The van der Waals surface area contributed by atoms with E-state index in [-0.39, 0.29) is 0 Å². The summed E-state index contributed by atoms with van der Waals surface area (Å²) in [6.07, 6.45) is 2.57. The van der Waals surface area contributed by atoms with E-state index in [1.807, 2.05) is 29.8 Å². The van der Waals surface area contributed by atoms with Crippen LogP contribution in [-0.2, 0) is 6.42 Å². The Bertz CT molecular complexity index is 547. The summed E-state index contributed by atoms with van der Waals surface area (Å²) in [5, 5.41) is 13.2. The fraction of sp³-hybridized carbons (Fsp3) is 0.231. The Balaban J connectivity index is 2.59. The molecule has 1 heterocycles. The lowest BCUT2D eigenvalue weighted by atomic mass is 10.1. The maximum atomic E-state index is 8.90. The average molecular weight is 211 g/mol. The molecule has 80 valence electrons. The fourth-order valence-corrected chi connectivity index (χ4v) is 1.78. The molecule has 0 saturated heterocycles. The first-order valence-corrected chi connectivity index (χ1v) is 5.31. The Morgan fingerprint density at radius 3 is 2.75 bits per heavy atom. The average Bonchev–Trinajstić information content (AvgIpc) is 2.70. The second-order valence-corrected chi connectivity index (χ2v) is 3.65. The van der Waals surface area contributed by atoms with E-state index in [2.05, 4.69) is 24.2 Å². The summed E-state index contributed by atoms with van der Waals surface area (Å²) >= 11 is 0. The summed E-state index contributed by atoms with van der Waals surface area (Å²) in [6.45, 7) is 4.03. The Hall–Kier alpha value is -2.08. The molecule has 0 fully saturated rings. The molecule has 3 heteroatoms. The zero-order valence-electron chi connectivity index (χ0n) is 9.44. The molecule has 3 nitrogen and oxygen atoms in total. The van der Waals surface area contributed by atoms with Crippen LogP contribution in [0, 0.1) is 18.3 Å². The van der Waals surface area contributed by atoms with Crippen LogP contribution in [0.4, 0.5) is 0 Å². The SMILES string of the molecule is CCc1ccccc1-n1ncc(C#N)c1C. The van der Waals surface area contributed by atoms with Crippen LogP contribution in [0.5, 0.6) is 0 Å². The molecule has 0 amide bonds. The lowest BCUT2D eigenvalue weighted by Gasteiger charge is -2.09. The van der Waals surface area contributed by atoms with Gasteiger partial charge in [0.05, 0.1) is 23.1 Å². The summed E-state index contributed by atoms with van der Waals surface area (Å²) in [7, 11) is 0. The Kier molecular flexibility index (Phi) is 2.74.